The van der Waals surface area contributed by atoms with E-state index in [4.69, 9.17) is 5.11 Å². The number of rotatable bonds is 6. The van der Waals surface area contributed by atoms with Crippen LogP contribution in [0.5, 0.6) is 0 Å². The Morgan fingerprint density at radius 1 is 1.54 bits per heavy atom. The zero-order valence-electron chi connectivity index (χ0n) is 8.10. The molecule has 0 aromatic heterocycles. The molecule has 1 rings (SSSR count). The van der Waals surface area contributed by atoms with Crippen molar-refractivity contribution >= 4 is 5.91 Å². The average Bonchev–Trinajstić information content (AvgIpc) is 2.92. The molecule has 4 nitrogen and oxygen atoms in total. The summed E-state index contributed by atoms with van der Waals surface area (Å²) in [6, 6.07) is 0. The summed E-state index contributed by atoms with van der Waals surface area (Å²) in [7, 11) is 0. The Labute approximate surface area is 78.7 Å². The van der Waals surface area contributed by atoms with Crippen LogP contribution in [0.4, 0.5) is 0 Å². The highest BCUT2D eigenvalue weighted by atomic mass is 16.3. The van der Waals surface area contributed by atoms with E-state index in [1.807, 2.05) is 6.92 Å². The number of carbonyl (C=O) groups is 1. The van der Waals surface area contributed by atoms with Gasteiger partial charge < -0.3 is 15.7 Å². The van der Waals surface area contributed by atoms with Gasteiger partial charge in [-0.15, -0.1) is 0 Å². The second-order valence-electron chi connectivity index (χ2n) is 3.72. The smallest absolute Gasteiger partial charge is 0.233 e. The Morgan fingerprint density at radius 2 is 2.23 bits per heavy atom. The summed E-state index contributed by atoms with van der Waals surface area (Å²) in [6.07, 6.45) is 2.07. The van der Waals surface area contributed by atoms with Crippen LogP contribution in [0.15, 0.2) is 0 Å². The fraction of sp³-hybridized carbons (Fsp3) is 0.889. The molecule has 0 aliphatic heterocycles. The van der Waals surface area contributed by atoms with Crippen molar-refractivity contribution in [2.75, 3.05) is 26.2 Å². The van der Waals surface area contributed by atoms with Gasteiger partial charge in [-0.3, -0.25) is 4.79 Å². The summed E-state index contributed by atoms with van der Waals surface area (Å²) in [5.41, 5.74) is 0.0157. The molecule has 0 atom stereocenters. The third-order valence-corrected chi connectivity index (χ3v) is 2.49. The molecule has 0 spiro atoms. The van der Waals surface area contributed by atoms with Crippen molar-refractivity contribution in [2.24, 2.45) is 5.41 Å². The van der Waals surface area contributed by atoms with Gasteiger partial charge in [0.15, 0.2) is 0 Å². The summed E-state index contributed by atoms with van der Waals surface area (Å²) >= 11 is 0. The first kappa shape index (κ1) is 10.5. The average molecular weight is 186 g/mol. The van der Waals surface area contributed by atoms with Crippen molar-refractivity contribution in [3.05, 3.63) is 0 Å². The van der Waals surface area contributed by atoms with Crippen LogP contribution in [0.3, 0.4) is 0 Å². The van der Waals surface area contributed by atoms with Crippen LogP contribution in [0.2, 0.25) is 0 Å². The number of aliphatic hydroxyl groups is 1. The van der Waals surface area contributed by atoms with Gasteiger partial charge in [-0.1, -0.05) is 6.92 Å². The number of hydrogen-bond acceptors (Lipinski definition) is 3. The lowest BCUT2D eigenvalue weighted by atomic mass is 10.1. The minimum absolute atomic E-state index is 0.0153. The van der Waals surface area contributed by atoms with E-state index in [-0.39, 0.29) is 17.9 Å². The Kier molecular flexibility index (Phi) is 3.69. The summed E-state index contributed by atoms with van der Waals surface area (Å²) in [5.74, 6) is 0.0153. The molecule has 0 aromatic rings. The molecule has 1 aliphatic carbocycles. The SMILES string of the molecule is CCNCC(=O)NCC1(CO)CC1. The van der Waals surface area contributed by atoms with Gasteiger partial charge in [-0.2, -0.15) is 0 Å². The first-order valence-electron chi connectivity index (χ1n) is 4.81. The summed E-state index contributed by atoms with van der Waals surface area (Å²) in [6.45, 7) is 3.95. The molecule has 4 heteroatoms. The minimum atomic E-state index is 0.0153. The second-order valence-corrected chi connectivity index (χ2v) is 3.72. The summed E-state index contributed by atoms with van der Waals surface area (Å²) < 4.78 is 0. The fourth-order valence-electron chi connectivity index (χ4n) is 1.15. The normalized spacial score (nSPS) is 18.3. The number of nitrogens with one attached hydrogen (secondary N) is 2. The van der Waals surface area contributed by atoms with E-state index in [0.29, 0.717) is 13.1 Å². The molecule has 0 heterocycles. The fourth-order valence-corrected chi connectivity index (χ4v) is 1.15. The van der Waals surface area contributed by atoms with Crippen LogP contribution in [-0.2, 0) is 4.79 Å². The molecule has 0 unspecified atom stereocenters. The number of amides is 1. The molecule has 0 aromatic carbocycles. The zero-order chi connectivity index (χ0) is 9.73. The third kappa shape index (κ3) is 3.32. The maximum Gasteiger partial charge on any atom is 0.233 e. The first-order chi connectivity index (χ1) is 6.22. The van der Waals surface area contributed by atoms with Crippen molar-refractivity contribution < 1.29 is 9.90 Å². The van der Waals surface area contributed by atoms with E-state index in [1.165, 1.54) is 0 Å². The Balaban J connectivity index is 2.08. The lowest BCUT2D eigenvalue weighted by Gasteiger charge is -2.12. The van der Waals surface area contributed by atoms with Crippen LogP contribution < -0.4 is 10.6 Å². The van der Waals surface area contributed by atoms with Crippen molar-refractivity contribution in [2.45, 2.75) is 19.8 Å². The highest BCUT2D eigenvalue weighted by Crippen LogP contribution is 2.44. The van der Waals surface area contributed by atoms with E-state index in [9.17, 15) is 4.79 Å². The van der Waals surface area contributed by atoms with E-state index < -0.39 is 0 Å². The molecule has 1 saturated carbocycles. The van der Waals surface area contributed by atoms with Crippen LogP contribution in [0.1, 0.15) is 19.8 Å². The third-order valence-electron chi connectivity index (χ3n) is 2.49. The largest absolute Gasteiger partial charge is 0.396 e. The van der Waals surface area contributed by atoms with Crippen LogP contribution in [-0.4, -0.2) is 37.3 Å². The minimum Gasteiger partial charge on any atom is -0.396 e. The van der Waals surface area contributed by atoms with Gasteiger partial charge in [0.2, 0.25) is 5.91 Å². The van der Waals surface area contributed by atoms with Crippen LogP contribution in [0.25, 0.3) is 0 Å². The molecule has 1 amide bonds. The van der Waals surface area contributed by atoms with E-state index in [0.717, 1.165) is 19.4 Å². The van der Waals surface area contributed by atoms with Gasteiger partial charge in [0.25, 0.3) is 0 Å². The monoisotopic (exact) mass is 186 g/mol. The molecule has 1 fully saturated rings. The van der Waals surface area contributed by atoms with E-state index in [2.05, 4.69) is 10.6 Å². The van der Waals surface area contributed by atoms with Gasteiger partial charge in [-0.25, -0.2) is 0 Å². The van der Waals surface area contributed by atoms with Gasteiger partial charge in [-0.05, 0) is 19.4 Å². The van der Waals surface area contributed by atoms with Gasteiger partial charge in [0.1, 0.15) is 0 Å². The first-order valence-corrected chi connectivity index (χ1v) is 4.81. The molecular formula is C9H18N2O2. The van der Waals surface area contributed by atoms with Gasteiger partial charge in [0.05, 0.1) is 13.2 Å². The number of hydrogen-bond donors (Lipinski definition) is 3. The Bertz CT molecular complexity index is 178. The van der Waals surface area contributed by atoms with Crippen molar-refractivity contribution in [3.8, 4) is 0 Å². The number of carbonyl (C=O) groups excluding carboxylic acids is 1. The van der Waals surface area contributed by atoms with E-state index in [1.54, 1.807) is 0 Å². The Hall–Kier alpha value is -0.610. The molecular weight excluding hydrogens is 168 g/mol. The maximum atomic E-state index is 11.1. The molecule has 0 radical (unpaired) electrons. The molecule has 1 aliphatic rings. The standard InChI is InChI=1S/C9H18N2O2/c1-2-10-5-8(13)11-6-9(7-12)3-4-9/h10,12H,2-7H2,1H3,(H,11,13). The predicted molar refractivity (Wildman–Crippen MR) is 50.3 cm³/mol. The molecule has 3 N–H and O–H groups in total. The molecule has 0 saturated heterocycles. The van der Waals surface area contributed by atoms with Crippen molar-refractivity contribution in [1.29, 1.82) is 0 Å². The molecule has 0 bridgehead atoms. The van der Waals surface area contributed by atoms with Crippen molar-refractivity contribution in [1.82, 2.24) is 10.6 Å². The zero-order valence-corrected chi connectivity index (χ0v) is 8.10. The molecule has 13 heavy (non-hydrogen) atoms. The quantitative estimate of drug-likeness (QED) is 0.523. The maximum absolute atomic E-state index is 11.1. The van der Waals surface area contributed by atoms with E-state index >= 15 is 0 Å². The lowest BCUT2D eigenvalue weighted by molar-refractivity contribution is -0.120. The number of likely N-dealkylation sites (N-methyl/N-ethyl adjacent to an activating group) is 1. The summed E-state index contributed by atoms with van der Waals surface area (Å²) in [4.78, 5) is 11.1. The van der Waals surface area contributed by atoms with Crippen molar-refractivity contribution in [3.63, 3.8) is 0 Å². The lowest BCUT2D eigenvalue weighted by Crippen LogP contribution is -2.37. The van der Waals surface area contributed by atoms with Crippen LogP contribution >= 0.6 is 0 Å². The highest BCUT2D eigenvalue weighted by Gasteiger charge is 2.41. The highest BCUT2D eigenvalue weighted by molar-refractivity contribution is 5.78. The predicted octanol–water partition coefficient (Wildman–Crippen LogP) is -0.515. The topological polar surface area (TPSA) is 61.4 Å². The Morgan fingerprint density at radius 3 is 2.69 bits per heavy atom. The van der Waals surface area contributed by atoms with Gasteiger partial charge >= 0.3 is 0 Å². The summed E-state index contributed by atoms with van der Waals surface area (Å²) in [5, 5.41) is 14.7. The molecule has 76 valence electrons. The van der Waals surface area contributed by atoms with Gasteiger partial charge in [0, 0.05) is 12.0 Å². The van der Waals surface area contributed by atoms with Crippen LogP contribution in [0, 0.1) is 5.41 Å². The second kappa shape index (κ2) is 4.58. The number of aliphatic hydroxyl groups excluding tert-OH is 1.